The van der Waals surface area contributed by atoms with Crippen molar-refractivity contribution in [2.75, 3.05) is 17.6 Å². The summed E-state index contributed by atoms with van der Waals surface area (Å²) < 4.78 is 1.77. The number of halogens is 2. The molecule has 29 heavy (non-hydrogen) atoms. The number of nitrogens with zero attached hydrogens (tertiary/aromatic N) is 4. The van der Waals surface area contributed by atoms with E-state index in [0.29, 0.717) is 33.1 Å². The van der Waals surface area contributed by atoms with Crippen molar-refractivity contribution in [2.45, 2.75) is 20.4 Å². The van der Waals surface area contributed by atoms with Crippen molar-refractivity contribution in [3.8, 4) is 0 Å². The Kier molecular flexibility index (Phi) is 7.00. The first-order valence-corrected chi connectivity index (χ1v) is 10.7. The first-order valence-electron chi connectivity index (χ1n) is 8.93. The molecule has 1 aromatic heterocycles. The van der Waals surface area contributed by atoms with Gasteiger partial charge < -0.3 is 5.32 Å². The number of hydrogen-bond acceptors (Lipinski definition) is 5. The zero-order valence-electron chi connectivity index (χ0n) is 15.9. The molecule has 2 heterocycles. The van der Waals surface area contributed by atoms with Crippen molar-refractivity contribution in [2.24, 2.45) is 4.99 Å². The summed E-state index contributed by atoms with van der Waals surface area (Å²) in [5.74, 6) is -0.365. The SMILES string of the molecule is CCN1C(=O)C(=Cc2cnn(CC)c2)N=C1SCC(=O)Nc1ccc(Cl)cc1Cl. The van der Waals surface area contributed by atoms with Gasteiger partial charge in [0.15, 0.2) is 5.17 Å². The number of nitrogens with one attached hydrogen (secondary N) is 1. The largest absolute Gasteiger partial charge is 0.324 e. The first-order chi connectivity index (χ1) is 13.9. The number of benzene rings is 1. The number of amidine groups is 1. The minimum atomic E-state index is -0.257. The van der Waals surface area contributed by atoms with Crippen molar-refractivity contribution in [3.05, 3.63) is 51.9 Å². The van der Waals surface area contributed by atoms with Crippen LogP contribution in [0.1, 0.15) is 19.4 Å². The van der Waals surface area contributed by atoms with Gasteiger partial charge in [-0.15, -0.1) is 0 Å². The van der Waals surface area contributed by atoms with Crippen molar-refractivity contribution >= 4 is 63.7 Å². The number of hydrogen-bond donors (Lipinski definition) is 1. The van der Waals surface area contributed by atoms with E-state index in [9.17, 15) is 9.59 Å². The second-order valence-corrected chi connectivity index (χ2v) is 7.85. The summed E-state index contributed by atoms with van der Waals surface area (Å²) in [6, 6.07) is 4.84. The van der Waals surface area contributed by atoms with Gasteiger partial charge in [-0.1, -0.05) is 35.0 Å². The van der Waals surface area contributed by atoms with E-state index in [2.05, 4.69) is 15.4 Å². The van der Waals surface area contributed by atoms with Crippen LogP contribution in [0, 0.1) is 0 Å². The average molecular weight is 452 g/mol. The molecule has 1 aromatic carbocycles. The van der Waals surface area contributed by atoms with Gasteiger partial charge in [-0.25, -0.2) is 4.99 Å². The predicted octanol–water partition coefficient (Wildman–Crippen LogP) is 4.14. The van der Waals surface area contributed by atoms with E-state index in [1.165, 1.54) is 11.8 Å². The molecule has 0 spiro atoms. The molecular weight excluding hydrogens is 433 g/mol. The minimum absolute atomic E-state index is 0.0859. The number of anilines is 1. The van der Waals surface area contributed by atoms with Crippen LogP contribution in [0.3, 0.4) is 0 Å². The maximum absolute atomic E-state index is 12.6. The summed E-state index contributed by atoms with van der Waals surface area (Å²) in [7, 11) is 0. The van der Waals surface area contributed by atoms with E-state index in [1.54, 1.807) is 40.1 Å². The third-order valence-corrected chi connectivity index (χ3v) is 5.57. The fourth-order valence-electron chi connectivity index (χ4n) is 2.61. The molecule has 1 N–H and O–H groups in total. The van der Waals surface area contributed by atoms with Crippen LogP contribution in [0.4, 0.5) is 5.69 Å². The van der Waals surface area contributed by atoms with Crippen molar-refractivity contribution < 1.29 is 9.59 Å². The third kappa shape index (κ3) is 5.20. The van der Waals surface area contributed by atoms with Crippen LogP contribution in [0.15, 0.2) is 41.3 Å². The molecule has 1 aliphatic heterocycles. The lowest BCUT2D eigenvalue weighted by Gasteiger charge is -2.14. The number of aliphatic imine (C=N–C) groups is 1. The van der Waals surface area contributed by atoms with E-state index in [1.807, 2.05) is 20.0 Å². The van der Waals surface area contributed by atoms with E-state index in [-0.39, 0.29) is 17.6 Å². The zero-order chi connectivity index (χ0) is 21.0. The van der Waals surface area contributed by atoms with Crippen molar-refractivity contribution in [1.82, 2.24) is 14.7 Å². The van der Waals surface area contributed by atoms with Gasteiger partial charge in [-0.2, -0.15) is 5.10 Å². The average Bonchev–Trinajstić information content (AvgIpc) is 3.27. The van der Waals surface area contributed by atoms with E-state index in [4.69, 9.17) is 23.2 Å². The van der Waals surface area contributed by atoms with Crippen LogP contribution in [-0.2, 0) is 16.1 Å². The lowest BCUT2D eigenvalue weighted by atomic mass is 10.3. The molecule has 0 atom stereocenters. The van der Waals surface area contributed by atoms with Gasteiger partial charge in [-0.05, 0) is 38.1 Å². The molecule has 152 valence electrons. The van der Waals surface area contributed by atoms with Gasteiger partial charge in [0.1, 0.15) is 5.70 Å². The van der Waals surface area contributed by atoms with Crippen molar-refractivity contribution in [3.63, 3.8) is 0 Å². The molecule has 0 saturated heterocycles. The van der Waals surface area contributed by atoms with Crippen LogP contribution in [0.25, 0.3) is 6.08 Å². The normalized spacial score (nSPS) is 15.2. The maximum atomic E-state index is 12.6. The second kappa shape index (κ2) is 9.47. The number of aromatic nitrogens is 2. The van der Waals surface area contributed by atoms with E-state index < -0.39 is 0 Å². The van der Waals surface area contributed by atoms with Gasteiger partial charge in [0, 0.05) is 29.9 Å². The number of rotatable bonds is 6. The highest BCUT2D eigenvalue weighted by Crippen LogP contribution is 2.27. The molecule has 3 rings (SSSR count). The number of aryl methyl sites for hydroxylation is 1. The summed E-state index contributed by atoms with van der Waals surface area (Å²) in [5.41, 5.74) is 1.61. The number of carbonyl (C=O) groups excluding carboxylic acids is 2. The summed E-state index contributed by atoms with van der Waals surface area (Å²) in [4.78, 5) is 30.9. The molecule has 0 fully saturated rings. The molecule has 1 aliphatic rings. The molecule has 2 aromatic rings. The van der Waals surface area contributed by atoms with Gasteiger partial charge >= 0.3 is 0 Å². The Morgan fingerprint density at radius 2 is 2.07 bits per heavy atom. The first kappa shape index (κ1) is 21.4. The van der Waals surface area contributed by atoms with Gasteiger partial charge in [-0.3, -0.25) is 19.2 Å². The highest BCUT2D eigenvalue weighted by atomic mass is 35.5. The predicted molar refractivity (Wildman–Crippen MR) is 118 cm³/mol. The Balaban J connectivity index is 1.68. The topological polar surface area (TPSA) is 79.6 Å². The summed E-state index contributed by atoms with van der Waals surface area (Å²) in [6.07, 6.45) is 5.23. The highest BCUT2D eigenvalue weighted by molar-refractivity contribution is 8.14. The second-order valence-electron chi connectivity index (χ2n) is 6.06. The van der Waals surface area contributed by atoms with Crippen LogP contribution in [0.2, 0.25) is 10.0 Å². The Morgan fingerprint density at radius 3 is 2.72 bits per heavy atom. The Hall–Kier alpha value is -2.29. The quantitative estimate of drug-likeness (QED) is 0.669. The molecule has 0 aliphatic carbocycles. The van der Waals surface area contributed by atoms with Crippen LogP contribution < -0.4 is 5.32 Å². The monoisotopic (exact) mass is 451 g/mol. The molecule has 2 amide bonds. The molecule has 0 radical (unpaired) electrons. The number of thioether (sulfide) groups is 1. The lowest BCUT2D eigenvalue weighted by molar-refractivity contribution is -0.122. The van der Waals surface area contributed by atoms with Crippen LogP contribution in [-0.4, -0.2) is 44.0 Å². The molecule has 0 unspecified atom stereocenters. The number of likely N-dealkylation sites (N-methyl/N-ethyl adjacent to an activating group) is 1. The smallest absolute Gasteiger partial charge is 0.278 e. The Morgan fingerprint density at radius 1 is 1.28 bits per heavy atom. The molecule has 0 bridgehead atoms. The van der Waals surface area contributed by atoms with Gasteiger partial charge in [0.05, 0.1) is 22.7 Å². The molecule has 0 saturated carbocycles. The fraction of sp³-hybridized carbons (Fsp3) is 0.263. The Bertz CT molecular complexity index is 1000. The number of amides is 2. The maximum Gasteiger partial charge on any atom is 0.278 e. The molecule has 7 nitrogen and oxygen atoms in total. The zero-order valence-corrected chi connectivity index (χ0v) is 18.2. The van der Waals surface area contributed by atoms with E-state index >= 15 is 0 Å². The Labute approximate surface area is 182 Å². The fourth-order valence-corrected chi connectivity index (χ4v) is 3.93. The van der Waals surface area contributed by atoms with Gasteiger partial charge in [0.25, 0.3) is 5.91 Å². The molecule has 10 heteroatoms. The molecular formula is C19H19Cl2N5O2S. The van der Waals surface area contributed by atoms with Crippen LogP contribution in [0.5, 0.6) is 0 Å². The summed E-state index contributed by atoms with van der Waals surface area (Å²) >= 11 is 13.1. The number of carbonyl (C=O) groups is 2. The van der Waals surface area contributed by atoms with E-state index in [0.717, 1.165) is 12.1 Å². The summed E-state index contributed by atoms with van der Waals surface area (Å²) in [6.45, 7) is 5.05. The highest BCUT2D eigenvalue weighted by Gasteiger charge is 2.29. The standard InChI is InChI=1S/C19H19Cl2N5O2S/c1-3-25-10-12(9-22-25)7-16-18(28)26(4-2)19(24-16)29-11-17(27)23-15-6-5-13(20)8-14(15)21/h5-10H,3-4,11H2,1-2H3,(H,23,27). The lowest BCUT2D eigenvalue weighted by Crippen LogP contribution is -2.31. The minimum Gasteiger partial charge on any atom is -0.324 e. The summed E-state index contributed by atoms with van der Waals surface area (Å²) in [5, 5.41) is 8.26. The van der Waals surface area contributed by atoms with Gasteiger partial charge in [0.2, 0.25) is 5.91 Å². The van der Waals surface area contributed by atoms with Crippen LogP contribution >= 0.6 is 35.0 Å². The van der Waals surface area contributed by atoms with Crippen molar-refractivity contribution in [1.29, 1.82) is 0 Å². The third-order valence-electron chi connectivity index (χ3n) is 4.05.